The molecule has 0 spiro atoms. The lowest BCUT2D eigenvalue weighted by atomic mass is 10.1. The molecule has 18 heavy (non-hydrogen) atoms. The molecule has 0 N–H and O–H groups in total. The Morgan fingerprint density at radius 3 is 2.39 bits per heavy atom. The fourth-order valence-corrected chi connectivity index (χ4v) is 3.18. The van der Waals surface area contributed by atoms with E-state index in [1.54, 1.807) is 6.92 Å². The normalized spacial score (nSPS) is 11.1. The summed E-state index contributed by atoms with van der Waals surface area (Å²) >= 11 is 1.52. The van der Waals surface area contributed by atoms with Crippen molar-refractivity contribution < 1.29 is 4.39 Å². The molecular weight excluding hydrogens is 243 g/mol. The van der Waals surface area contributed by atoms with Gasteiger partial charge in [0.25, 0.3) is 0 Å². The van der Waals surface area contributed by atoms with Gasteiger partial charge in [-0.15, -0.1) is 11.3 Å². The molecule has 0 saturated heterocycles. The Morgan fingerprint density at radius 1 is 0.944 bits per heavy atom. The van der Waals surface area contributed by atoms with Gasteiger partial charge in [0.05, 0.1) is 4.70 Å². The molecule has 2 heteroatoms. The van der Waals surface area contributed by atoms with Crippen molar-refractivity contribution in [1.82, 2.24) is 0 Å². The Kier molecular flexibility index (Phi) is 2.67. The molecule has 90 valence electrons. The average molecular weight is 256 g/mol. The fourth-order valence-electron chi connectivity index (χ4n) is 2.03. The van der Waals surface area contributed by atoms with Crippen LogP contribution in [-0.2, 0) is 0 Å². The topological polar surface area (TPSA) is 0 Å². The van der Waals surface area contributed by atoms with Gasteiger partial charge in [-0.2, -0.15) is 0 Å². The van der Waals surface area contributed by atoms with Crippen molar-refractivity contribution in [3.05, 3.63) is 59.4 Å². The van der Waals surface area contributed by atoms with Crippen LogP contribution in [0.5, 0.6) is 0 Å². The summed E-state index contributed by atoms with van der Waals surface area (Å²) in [4.78, 5) is 1.12. The van der Waals surface area contributed by atoms with E-state index in [0.717, 1.165) is 20.5 Å². The average Bonchev–Trinajstić information content (AvgIpc) is 2.80. The van der Waals surface area contributed by atoms with Crippen LogP contribution in [-0.4, -0.2) is 0 Å². The monoisotopic (exact) mass is 256 g/mol. The summed E-state index contributed by atoms with van der Waals surface area (Å²) in [5.74, 6) is -0.0872. The first-order valence-corrected chi connectivity index (χ1v) is 6.72. The van der Waals surface area contributed by atoms with Gasteiger partial charge >= 0.3 is 0 Å². The van der Waals surface area contributed by atoms with Crippen molar-refractivity contribution in [1.29, 1.82) is 0 Å². The fraction of sp³-hybridized carbons (Fsp3) is 0.125. The first-order valence-electron chi connectivity index (χ1n) is 5.91. The third-order valence-electron chi connectivity index (χ3n) is 3.16. The smallest absolute Gasteiger partial charge is 0.143 e. The highest BCUT2D eigenvalue weighted by molar-refractivity contribution is 7.22. The Balaban J connectivity index is 2.19. The zero-order valence-corrected chi connectivity index (χ0v) is 11.1. The maximum absolute atomic E-state index is 14.0. The van der Waals surface area contributed by atoms with Crippen molar-refractivity contribution in [3.8, 4) is 10.4 Å². The molecule has 0 aliphatic carbocycles. The van der Waals surface area contributed by atoms with E-state index in [0.29, 0.717) is 5.56 Å². The Bertz CT molecular complexity index is 708. The minimum Gasteiger partial charge on any atom is -0.205 e. The molecular formula is C16H13FS. The molecule has 0 aliphatic heterocycles. The van der Waals surface area contributed by atoms with Crippen LogP contribution in [0.25, 0.3) is 20.5 Å². The van der Waals surface area contributed by atoms with Gasteiger partial charge < -0.3 is 0 Å². The second-order valence-corrected chi connectivity index (χ2v) is 5.64. The van der Waals surface area contributed by atoms with Gasteiger partial charge in [0.2, 0.25) is 0 Å². The summed E-state index contributed by atoms with van der Waals surface area (Å²) in [5, 5.41) is 0.985. The van der Waals surface area contributed by atoms with E-state index in [1.165, 1.54) is 16.9 Å². The van der Waals surface area contributed by atoms with E-state index in [1.807, 2.05) is 12.1 Å². The highest BCUT2D eigenvalue weighted by Gasteiger charge is 2.09. The molecule has 0 aliphatic rings. The number of rotatable bonds is 1. The van der Waals surface area contributed by atoms with Crippen LogP contribution < -0.4 is 0 Å². The van der Waals surface area contributed by atoms with Crippen LogP contribution in [0, 0.1) is 19.7 Å². The molecule has 0 amide bonds. The van der Waals surface area contributed by atoms with Crippen molar-refractivity contribution in [2.24, 2.45) is 0 Å². The molecule has 1 heterocycles. The second kappa shape index (κ2) is 4.21. The first-order chi connectivity index (χ1) is 8.65. The van der Waals surface area contributed by atoms with Crippen LogP contribution >= 0.6 is 11.3 Å². The molecule has 0 radical (unpaired) electrons. The minimum atomic E-state index is -0.0872. The SMILES string of the molecule is Cc1ccc(-c2cc3ccc(C)c(F)c3s2)cc1. The molecule has 0 atom stereocenters. The first kappa shape index (κ1) is 11.4. The second-order valence-electron chi connectivity index (χ2n) is 4.59. The predicted octanol–water partition coefficient (Wildman–Crippen LogP) is 5.32. The molecule has 3 aromatic rings. The third kappa shape index (κ3) is 1.83. The Labute approximate surface area is 110 Å². The van der Waals surface area contributed by atoms with Crippen molar-refractivity contribution in [2.75, 3.05) is 0 Å². The van der Waals surface area contributed by atoms with Gasteiger partial charge in [0.1, 0.15) is 5.82 Å². The lowest BCUT2D eigenvalue weighted by Gasteiger charge is -1.97. The van der Waals surface area contributed by atoms with Gasteiger partial charge in [0.15, 0.2) is 0 Å². The lowest BCUT2D eigenvalue weighted by molar-refractivity contribution is 0.632. The molecule has 0 fully saturated rings. The van der Waals surface area contributed by atoms with Crippen molar-refractivity contribution in [3.63, 3.8) is 0 Å². The maximum Gasteiger partial charge on any atom is 0.143 e. The van der Waals surface area contributed by atoms with E-state index >= 15 is 0 Å². The predicted molar refractivity (Wildman–Crippen MR) is 76.7 cm³/mol. The van der Waals surface area contributed by atoms with Gasteiger partial charge in [-0.05, 0) is 36.4 Å². The largest absolute Gasteiger partial charge is 0.205 e. The van der Waals surface area contributed by atoms with E-state index in [4.69, 9.17) is 0 Å². The summed E-state index contributed by atoms with van der Waals surface area (Å²) in [7, 11) is 0. The Morgan fingerprint density at radius 2 is 1.67 bits per heavy atom. The summed E-state index contributed by atoms with van der Waals surface area (Å²) in [6.45, 7) is 3.87. The molecule has 0 unspecified atom stereocenters. The number of halogens is 1. The summed E-state index contributed by atoms with van der Waals surface area (Å²) in [6, 6.07) is 14.2. The third-order valence-corrected chi connectivity index (χ3v) is 4.35. The highest BCUT2D eigenvalue weighted by atomic mass is 32.1. The quantitative estimate of drug-likeness (QED) is 0.552. The Hall–Kier alpha value is -1.67. The van der Waals surface area contributed by atoms with Gasteiger partial charge in [0, 0.05) is 4.88 Å². The van der Waals surface area contributed by atoms with Crippen molar-refractivity contribution >= 4 is 21.4 Å². The zero-order valence-electron chi connectivity index (χ0n) is 10.3. The van der Waals surface area contributed by atoms with Crippen LogP contribution in [0.2, 0.25) is 0 Å². The standard InChI is InChI=1S/C16H13FS/c1-10-3-6-12(7-4-10)14-9-13-8-5-11(2)15(17)16(13)18-14/h3-9H,1-2H3. The number of aryl methyl sites for hydroxylation is 2. The van der Waals surface area contributed by atoms with Gasteiger partial charge in [-0.3, -0.25) is 0 Å². The number of hydrogen-bond donors (Lipinski definition) is 0. The molecule has 1 aromatic heterocycles. The molecule has 0 bridgehead atoms. The number of thiophene rings is 1. The minimum absolute atomic E-state index is 0.0872. The molecule has 2 aromatic carbocycles. The molecule has 0 nitrogen and oxygen atoms in total. The molecule has 3 rings (SSSR count). The van der Waals surface area contributed by atoms with Crippen LogP contribution in [0.1, 0.15) is 11.1 Å². The van der Waals surface area contributed by atoms with Crippen LogP contribution in [0.15, 0.2) is 42.5 Å². The van der Waals surface area contributed by atoms with E-state index < -0.39 is 0 Å². The van der Waals surface area contributed by atoms with Gasteiger partial charge in [-0.1, -0.05) is 42.0 Å². The van der Waals surface area contributed by atoms with E-state index in [9.17, 15) is 4.39 Å². The van der Waals surface area contributed by atoms with Crippen LogP contribution in [0.4, 0.5) is 4.39 Å². The summed E-state index contributed by atoms with van der Waals surface area (Å²) in [5.41, 5.74) is 3.10. The molecule has 0 saturated carbocycles. The zero-order chi connectivity index (χ0) is 12.7. The highest BCUT2D eigenvalue weighted by Crippen LogP contribution is 2.35. The van der Waals surface area contributed by atoms with Crippen LogP contribution in [0.3, 0.4) is 0 Å². The summed E-state index contributed by atoms with van der Waals surface area (Å²) in [6.07, 6.45) is 0. The summed E-state index contributed by atoms with van der Waals surface area (Å²) < 4.78 is 14.8. The van der Waals surface area contributed by atoms with E-state index in [2.05, 4.69) is 37.3 Å². The van der Waals surface area contributed by atoms with Crippen molar-refractivity contribution in [2.45, 2.75) is 13.8 Å². The van der Waals surface area contributed by atoms with E-state index in [-0.39, 0.29) is 5.82 Å². The number of benzene rings is 2. The maximum atomic E-state index is 14.0. The van der Waals surface area contributed by atoms with Gasteiger partial charge in [-0.25, -0.2) is 4.39 Å². The number of hydrogen-bond acceptors (Lipinski definition) is 1. The lowest BCUT2D eigenvalue weighted by Crippen LogP contribution is -1.79. The number of fused-ring (bicyclic) bond motifs is 1.